The molecule has 0 amide bonds. The molecule has 2 heterocycles. The number of imidazole rings is 1. The Morgan fingerprint density at radius 1 is 1.04 bits per heavy atom. The maximum atomic E-state index is 6.48. The van der Waals surface area contributed by atoms with Crippen LogP contribution in [0.2, 0.25) is 0 Å². The molecule has 142 valence electrons. The van der Waals surface area contributed by atoms with E-state index in [1.165, 1.54) is 0 Å². The van der Waals surface area contributed by atoms with Gasteiger partial charge in [0, 0.05) is 11.3 Å². The number of aromatic amines is 1. The minimum atomic E-state index is -0.445. The molecule has 28 heavy (non-hydrogen) atoms. The molecule has 4 aromatic rings. The zero-order valence-electron chi connectivity index (χ0n) is 15.4. The predicted molar refractivity (Wildman–Crippen MR) is 110 cm³/mol. The third-order valence-corrected chi connectivity index (χ3v) is 6.27. The number of hydrogen-bond acceptors (Lipinski definition) is 6. The van der Waals surface area contributed by atoms with E-state index in [4.69, 9.17) is 10.3 Å². The summed E-state index contributed by atoms with van der Waals surface area (Å²) in [6, 6.07) is 16.2. The van der Waals surface area contributed by atoms with E-state index in [9.17, 15) is 0 Å². The highest BCUT2D eigenvalue weighted by Crippen LogP contribution is 2.36. The number of aromatic nitrogens is 4. The van der Waals surface area contributed by atoms with Crippen molar-refractivity contribution in [2.75, 3.05) is 0 Å². The number of para-hydroxylation sites is 2. The number of hydrogen-bond donors (Lipinski definition) is 2. The number of rotatable bonds is 5. The molecule has 1 saturated carbocycles. The number of nitrogens with two attached hydrogens (primary N) is 1. The fraction of sp³-hybridized carbons (Fsp3) is 0.286. The summed E-state index contributed by atoms with van der Waals surface area (Å²) < 4.78 is 5.60. The Morgan fingerprint density at radius 3 is 2.68 bits per heavy atom. The summed E-state index contributed by atoms with van der Waals surface area (Å²) in [5.41, 5.74) is 10.1. The van der Waals surface area contributed by atoms with Crippen LogP contribution in [0.5, 0.6) is 0 Å². The third kappa shape index (κ3) is 3.21. The van der Waals surface area contributed by atoms with Crippen molar-refractivity contribution in [3.05, 3.63) is 59.9 Å². The SMILES string of the molecule is NC1(c2noc(-c3ccccc3CSc3nc4ccccc4[nH]3)n2)CCCC1. The second kappa shape index (κ2) is 7.07. The van der Waals surface area contributed by atoms with Crippen LogP contribution < -0.4 is 5.73 Å². The van der Waals surface area contributed by atoms with Crippen LogP contribution in [-0.4, -0.2) is 20.1 Å². The summed E-state index contributed by atoms with van der Waals surface area (Å²) in [5.74, 6) is 1.91. The van der Waals surface area contributed by atoms with E-state index in [1.54, 1.807) is 11.8 Å². The van der Waals surface area contributed by atoms with Crippen LogP contribution in [0.1, 0.15) is 37.1 Å². The molecule has 0 bridgehead atoms. The Labute approximate surface area is 166 Å². The van der Waals surface area contributed by atoms with Gasteiger partial charge in [0.25, 0.3) is 5.89 Å². The average Bonchev–Trinajstić information content (AvgIpc) is 3.46. The summed E-state index contributed by atoms with van der Waals surface area (Å²) >= 11 is 1.66. The van der Waals surface area contributed by atoms with E-state index in [0.29, 0.717) is 11.7 Å². The van der Waals surface area contributed by atoms with Gasteiger partial charge in [0.15, 0.2) is 11.0 Å². The van der Waals surface area contributed by atoms with Gasteiger partial charge < -0.3 is 15.2 Å². The van der Waals surface area contributed by atoms with Crippen LogP contribution in [0.25, 0.3) is 22.5 Å². The monoisotopic (exact) mass is 391 g/mol. The Balaban J connectivity index is 1.39. The van der Waals surface area contributed by atoms with Gasteiger partial charge in [0.2, 0.25) is 0 Å². The number of benzene rings is 2. The largest absolute Gasteiger partial charge is 0.334 e. The zero-order valence-corrected chi connectivity index (χ0v) is 16.2. The second-order valence-corrected chi connectivity index (χ2v) is 8.26. The number of nitrogens with one attached hydrogen (secondary N) is 1. The van der Waals surface area contributed by atoms with Gasteiger partial charge in [-0.05, 0) is 36.6 Å². The van der Waals surface area contributed by atoms with E-state index in [0.717, 1.165) is 58.8 Å². The van der Waals surface area contributed by atoms with Crippen LogP contribution in [-0.2, 0) is 11.3 Å². The summed E-state index contributed by atoms with van der Waals surface area (Å²) in [4.78, 5) is 12.6. The van der Waals surface area contributed by atoms with Gasteiger partial charge in [-0.25, -0.2) is 4.98 Å². The molecule has 0 atom stereocenters. The standard InChI is InChI=1S/C21H21N5OS/c22-21(11-5-6-12-21)19-25-18(27-26-19)15-8-2-1-7-14(15)13-28-20-23-16-9-3-4-10-17(16)24-20/h1-4,7-10H,5-6,11-13,22H2,(H,23,24). The second-order valence-electron chi connectivity index (χ2n) is 7.29. The molecule has 2 aromatic carbocycles. The molecule has 1 aliphatic rings. The molecule has 2 aromatic heterocycles. The van der Waals surface area contributed by atoms with Gasteiger partial charge in [-0.3, -0.25) is 0 Å². The lowest BCUT2D eigenvalue weighted by Gasteiger charge is -2.17. The number of thioether (sulfide) groups is 1. The first kappa shape index (κ1) is 17.5. The lowest BCUT2D eigenvalue weighted by Crippen LogP contribution is -2.34. The lowest BCUT2D eigenvalue weighted by molar-refractivity contribution is 0.372. The molecule has 0 aliphatic heterocycles. The molecule has 0 saturated heterocycles. The molecule has 0 radical (unpaired) electrons. The van der Waals surface area contributed by atoms with Crippen molar-refractivity contribution in [1.29, 1.82) is 0 Å². The number of nitrogens with zero attached hydrogens (tertiary/aromatic N) is 3. The van der Waals surface area contributed by atoms with Crippen molar-refractivity contribution in [3.63, 3.8) is 0 Å². The van der Waals surface area contributed by atoms with Gasteiger partial charge in [-0.15, -0.1) is 0 Å². The molecule has 1 aliphatic carbocycles. The molecule has 0 spiro atoms. The van der Waals surface area contributed by atoms with Gasteiger partial charge in [-0.1, -0.05) is 60.1 Å². The number of H-pyrrole nitrogens is 1. The fourth-order valence-corrected chi connectivity index (χ4v) is 4.65. The molecule has 1 fully saturated rings. The van der Waals surface area contributed by atoms with Crippen molar-refractivity contribution < 1.29 is 4.52 Å². The van der Waals surface area contributed by atoms with Crippen molar-refractivity contribution in [1.82, 2.24) is 20.1 Å². The minimum Gasteiger partial charge on any atom is -0.334 e. The molecule has 5 rings (SSSR count). The summed E-state index contributed by atoms with van der Waals surface area (Å²) in [6.07, 6.45) is 4.06. The maximum Gasteiger partial charge on any atom is 0.258 e. The molecule has 6 nitrogen and oxygen atoms in total. The van der Waals surface area contributed by atoms with Crippen molar-refractivity contribution in [2.24, 2.45) is 5.73 Å². The predicted octanol–water partition coefficient (Wildman–Crippen LogP) is 4.63. The van der Waals surface area contributed by atoms with Gasteiger partial charge in [0.1, 0.15) is 0 Å². The molecule has 7 heteroatoms. The number of fused-ring (bicyclic) bond motifs is 1. The maximum absolute atomic E-state index is 6.48. The molecular weight excluding hydrogens is 370 g/mol. The quantitative estimate of drug-likeness (QED) is 0.482. The minimum absolute atomic E-state index is 0.445. The fourth-order valence-electron chi connectivity index (χ4n) is 3.76. The van der Waals surface area contributed by atoms with Crippen molar-refractivity contribution in [2.45, 2.75) is 42.1 Å². The first-order valence-corrected chi connectivity index (χ1v) is 10.5. The van der Waals surface area contributed by atoms with Crippen LogP contribution >= 0.6 is 11.8 Å². The van der Waals surface area contributed by atoms with Crippen molar-refractivity contribution >= 4 is 22.8 Å². The van der Waals surface area contributed by atoms with E-state index < -0.39 is 5.54 Å². The van der Waals surface area contributed by atoms with Crippen molar-refractivity contribution in [3.8, 4) is 11.5 Å². The van der Waals surface area contributed by atoms with E-state index >= 15 is 0 Å². The average molecular weight is 392 g/mol. The lowest BCUT2D eigenvalue weighted by atomic mass is 9.98. The highest BCUT2D eigenvalue weighted by Gasteiger charge is 2.36. The van der Waals surface area contributed by atoms with E-state index in [2.05, 4.69) is 26.2 Å². The Morgan fingerprint density at radius 2 is 1.82 bits per heavy atom. The molecule has 3 N–H and O–H groups in total. The van der Waals surface area contributed by atoms with Gasteiger partial charge >= 0.3 is 0 Å². The normalized spacial score (nSPS) is 16.0. The first-order valence-electron chi connectivity index (χ1n) is 9.50. The Kier molecular flexibility index (Phi) is 4.41. The Hall–Kier alpha value is -2.64. The van der Waals surface area contributed by atoms with Crippen LogP contribution in [0.15, 0.2) is 58.2 Å². The summed E-state index contributed by atoms with van der Waals surface area (Å²) in [5, 5.41) is 5.10. The van der Waals surface area contributed by atoms with Crippen LogP contribution in [0.4, 0.5) is 0 Å². The van der Waals surface area contributed by atoms with Gasteiger partial charge in [-0.2, -0.15) is 4.98 Å². The summed E-state index contributed by atoms with van der Waals surface area (Å²) in [6.45, 7) is 0. The van der Waals surface area contributed by atoms with E-state index in [-0.39, 0.29) is 0 Å². The van der Waals surface area contributed by atoms with E-state index in [1.807, 2.05) is 42.5 Å². The Bertz CT molecular complexity index is 1080. The smallest absolute Gasteiger partial charge is 0.258 e. The van der Waals surface area contributed by atoms with Gasteiger partial charge in [0.05, 0.1) is 16.6 Å². The first-order chi connectivity index (χ1) is 13.7. The third-order valence-electron chi connectivity index (χ3n) is 5.35. The topological polar surface area (TPSA) is 93.6 Å². The van der Waals surface area contributed by atoms with Crippen LogP contribution in [0, 0.1) is 0 Å². The summed E-state index contributed by atoms with van der Waals surface area (Å²) in [7, 11) is 0. The molecular formula is C21H21N5OS. The molecule has 0 unspecified atom stereocenters. The van der Waals surface area contributed by atoms with Crippen LogP contribution in [0.3, 0.4) is 0 Å². The highest BCUT2D eigenvalue weighted by molar-refractivity contribution is 7.98. The zero-order chi connectivity index (χ0) is 19.0. The highest BCUT2D eigenvalue weighted by atomic mass is 32.2.